The number of rotatable bonds is 10. The van der Waals surface area contributed by atoms with Gasteiger partial charge in [0.15, 0.2) is 0 Å². The molecule has 0 saturated carbocycles. The molecule has 0 N–H and O–H groups in total. The predicted molar refractivity (Wildman–Crippen MR) is 63.1 cm³/mol. The monoisotopic (exact) mass is 214 g/mol. The Morgan fingerprint density at radius 2 is 1.87 bits per heavy atom. The summed E-state index contributed by atoms with van der Waals surface area (Å²) in [6.45, 7) is 7.22. The van der Waals surface area contributed by atoms with Gasteiger partial charge in [-0.1, -0.05) is 46.0 Å². The largest absolute Gasteiger partial charge is 0.381 e. The van der Waals surface area contributed by atoms with Gasteiger partial charge >= 0.3 is 0 Å². The van der Waals surface area contributed by atoms with Gasteiger partial charge in [0.2, 0.25) is 0 Å². The number of ether oxygens (including phenoxy) is 2. The fourth-order valence-electron chi connectivity index (χ4n) is 1.75. The first-order valence-corrected chi connectivity index (χ1v) is 6.54. The van der Waals surface area contributed by atoms with Crippen LogP contribution < -0.4 is 0 Å². The zero-order chi connectivity index (χ0) is 10.9. The molecule has 1 rings (SSSR count). The standard InChI is InChI=1S/C13H26O2/c1-3-4-5-6-7-8-9-14-10-12(2)13-11-15-13/h12-13H,3-11H2,1-2H3. The maximum atomic E-state index is 5.62. The van der Waals surface area contributed by atoms with Crippen LogP contribution in [0.1, 0.15) is 52.4 Å². The molecule has 1 fully saturated rings. The van der Waals surface area contributed by atoms with E-state index in [4.69, 9.17) is 9.47 Å². The van der Waals surface area contributed by atoms with Gasteiger partial charge in [0.05, 0.1) is 19.3 Å². The number of hydrogen-bond donors (Lipinski definition) is 0. The zero-order valence-corrected chi connectivity index (χ0v) is 10.3. The molecular formula is C13H26O2. The van der Waals surface area contributed by atoms with E-state index in [1.54, 1.807) is 0 Å². The molecule has 0 spiro atoms. The topological polar surface area (TPSA) is 21.8 Å². The first-order chi connectivity index (χ1) is 7.34. The number of epoxide rings is 1. The van der Waals surface area contributed by atoms with Crippen molar-refractivity contribution < 1.29 is 9.47 Å². The molecule has 0 radical (unpaired) electrons. The summed E-state index contributed by atoms with van der Waals surface area (Å²) in [7, 11) is 0. The van der Waals surface area contributed by atoms with Crippen molar-refractivity contribution in [2.45, 2.75) is 58.5 Å². The third-order valence-electron chi connectivity index (χ3n) is 3.02. The Morgan fingerprint density at radius 3 is 2.53 bits per heavy atom. The van der Waals surface area contributed by atoms with Crippen LogP contribution >= 0.6 is 0 Å². The van der Waals surface area contributed by atoms with Crippen LogP contribution in [0.15, 0.2) is 0 Å². The highest BCUT2D eigenvalue weighted by atomic mass is 16.6. The minimum Gasteiger partial charge on any atom is -0.381 e. The van der Waals surface area contributed by atoms with Crippen molar-refractivity contribution in [1.82, 2.24) is 0 Å². The summed E-state index contributed by atoms with van der Waals surface area (Å²) in [5.41, 5.74) is 0. The van der Waals surface area contributed by atoms with E-state index in [1.807, 2.05) is 0 Å². The smallest absolute Gasteiger partial charge is 0.0857 e. The molecule has 90 valence electrons. The molecule has 0 aliphatic carbocycles. The minimum absolute atomic E-state index is 0.495. The van der Waals surface area contributed by atoms with Gasteiger partial charge in [0.25, 0.3) is 0 Å². The quantitative estimate of drug-likeness (QED) is 0.410. The molecule has 1 aliphatic rings. The normalized spacial score (nSPS) is 21.6. The molecule has 2 unspecified atom stereocenters. The highest BCUT2D eigenvalue weighted by Gasteiger charge is 2.29. The number of unbranched alkanes of at least 4 members (excludes halogenated alkanes) is 5. The molecule has 1 saturated heterocycles. The zero-order valence-electron chi connectivity index (χ0n) is 10.3. The fraction of sp³-hybridized carbons (Fsp3) is 1.00. The number of hydrogen-bond acceptors (Lipinski definition) is 2. The third-order valence-corrected chi connectivity index (χ3v) is 3.02. The van der Waals surface area contributed by atoms with Crippen LogP contribution in [-0.4, -0.2) is 25.9 Å². The second-order valence-electron chi connectivity index (χ2n) is 4.69. The van der Waals surface area contributed by atoms with Crippen LogP contribution in [0.25, 0.3) is 0 Å². The molecule has 15 heavy (non-hydrogen) atoms. The molecule has 0 aromatic rings. The van der Waals surface area contributed by atoms with Gasteiger partial charge < -0.3 is 9.47 Å². The van der Waals surface area contributed by atoms with E-state index in [2.05, 4.69) is 13.8 Å². The van der Waals surface area contributed by atoms with E-state index in [1.165, 1.54) is 38.5 Å². The summed E-state index contributed by atoms with van der Waals surface area (Å²) in [5, 5.41) is 0. The summed E-state index contributed by atoms with van der Waals surface area (Å²) >= 11 is 0. The highest BCUT2D eigenvalue weighted by molar-refractivity contribution is 4.75. The Labute approximate surface area is 94.3 Å². The molecule has 2 atom stereocenters. The summed E-state index contributed by atoms with van der Waals surface area (Å²) in [6, 6.07) is 0. The molecule has 2 nitrogen and oxygen atoms in total. The molecule has 2 heteroatoms. The van der Waals surface area contributed by atoms with E-state index in [-0.39, 0.29) is 0 Å². The molecule has 0 bridgehead atoms. The average Bonchev–Trinajstić information content (AvgIpc) is 3.05. The average molecular weight is 214 g/mol. The summed E-state index contributed by atoms with van der Waals surface area (Å²) in [4.78, 5) is 0. The molecule has 0 aromatic carbocycles. The Hall–Kier alpha value is -0.0800. The first kappa shape index (κ1) is 13.0. The first-order valence-electron chi connectivity index (χ1n) is 6.54. The highest BCUT2D eigenvalue weighted by Crippen LogP contribution is 2.19. The Morgan fingerprint density at radius 1 is 1.20 bits per heavy atom. The maximum absolute atomic E-state index is 5.62. The Bertz CT molecular complexity index is 143. The molecular weight excluding hydrogens is 188 g/mol. The Kier molecular flexibility index (Phi) is 7.03. The lowest BCUT2D eigenvalue weighted by Gasteiger charge is -2.08. The van der Waals surface area contributed by atoms with Crippen molar-refractivity contribution in [2.75, 3.05) is 19.8 Å². The molecule has 1 heterocycles. The molecule has 0 aromatic heterocycles. The van der Waals surface area contributed by atoms with Crippen LogP contribution in [0.4, 0.5) is 0 Å². The van der Waals surface area contributed by atoms with Crippen LogP contribution in [0, 0.1) is 5.92 Å². The summed E-state index contributed by atoms with van der Waals surface area (Å²) in [5.74, 6) is 0.588. The van der Waals surface area contributed by atoms with E-state index < -0.39 is 0 Å². The maximum Gasteiger partial charge on any atom is 0.0857 e. The lowest BCUT2D eigenvalue weighted by atomic mass is 10.1. The molecule has 0 amide bonds. The van der Waals surface area contributed by atoms with E-state index in [0.29, 0.717) is 12.0 Å². The van der Waals surface area contributed by atoms with Gasteiger partial charge in [-0.3, -0.25) is 0 Å². The van der Waals surface area contributed by atoms with Crippen molar-refractivity contribution in [3.05, 3.63) is 0 Å². The van der Waals surface area contributed by atoms with Crippen molar-refractivity contribution >= 4 is 0 Å². The second kappa shape index (κ2) is 8.12. The van der Waals surface area contributed by atoms with Crippen molar-refractivity contribution in [3.8, 4) is 0 Å². The lowest BCUT2D eigenvalue weighted by Crippen LogP contribution is -2.12. The summed E-state index contributed by atoms with van der Waals surface area (Å²) < 4.78 is 10.8. The van der Waals surface area contributed by atoms with Gasteiger partial charge in [-0.15, -0.1) is 0 Å². The van der Waals surface area contributed by atoms with Crippen LogP contribution in [-0.2, 0) is 9.47 Å². The van der Waals surface area contributed by atoms with E-state index >= 15 is 0 Å². The van der Waals surface area contributed by atoms with Gasteiger partial charge in [-0.05, 0) is 6.42 Å². The van der Waals surface area contributed by atoms with E-state index in [9.17, 15) is 0 Å². The van der Waals surface area contributed by atoms with Crippen LogP contribution in [0.5, 0.6) is 0 Å². The van der Waals surface area contributed by atoms with Gasteiger partial charge in [0, 0.05) is 12.5 Å². The van der Waals surface area contributed by atoms with E-state index in [0.717, 1.165) is 19.8 Å². The summed E-state index contributed by atoms with van der Waals surface area (Å²) in [6.07, 6.45) is 8.53. The van der Waals surface area contributed by atoms with Gasteiger partial charge in [-0.2, -0.15) is 0 Å². The SMILES string of the molecule is CCCCCCCCOCC(C)C1CO1. The predicted octanol–water partition coefficient (Wildman–Crippen LogP) is 3.40. The van der Waals surface area contributed by atoms with Crippen LogP contribution in [0.2, 0.25) is 0 Å². The van der Waals surface area contributed by atoms with Crippen molar-refractivity contribution in [1.29, 1.82) is 0 Å². The van der Waals surface area contributed by atoms with Crippen molar-refractivity contribution in [2.24, 2.45) is 5.92 Å². The second-order valence-corrected chi connectivity index (χ2v) is 4.69. The van der Waals surface area contributed by atoms with Gasteiger partial charge in [-0.25, -0.2) is 0 Å². The minimum atomic E-state index is 0.495. The fourth-order valence-corrected chi connectivity index (χ4v) is 1.75. The van der Waals surface area contributed by atoms with Gasteiger partial charge in [0.1, 0.15) is 0 Å². The Balaban J connectivity index is 1.72. The lowest BCUT2D eigenvalue weighted by molar-refractivity contribution is 0.0911. The third kappa shape index (κ3) is 6.91. The van der Waals surface area contributed by atoms with Crippen LogP contribution in [0.3, 0.4) is 0 Å². The molecule has 1 aliphatic heterocycles. The van der Waals surface area contributed by atoms with Crippen molar-refractivity contribution in [3.63, 3.8) is 0 Å².